The second-order valence-electron chi connectivity index (χ2n) is 7.02. The van der Waals surface area contributed by atoms with Crippen LogP contribution in [0.3, 0.4) is 0 Å². The number of anilines is 1. The number of fused-ring (bicyclic) bond motifs is 1. The fraction of sp³-hybridized carbons (Fsp3) is 0.0385. The van der Waals surface area contributed by atoms with Gasteiger partial charge in [0.1, 0.15) is 0 Å². The Labute approximate surface area is 174 Å². The maximum absolute atomic E-state index is 13.7. The molecule has 0 N–H and O–H groups in total. The molecule has 2 heterocycles. The standard InChI is InChI=1S/C26H19NOS/c28-26-25(24(21-15-16-29-18-21)20-11-5-2-6-12-20)22-13-7-8-14-23(22)27(26)17-19-9-3-1-4-10-19/h1-16,18H,17H2/b25-24-. The Bertz CT molecular complexity index is 1180. The third-order valence-electron chi connectivity index (χ3n) is 5.23. The van der Waals surface area contributed by atoms with Crippen LogP contribution >= 0.6 is 11.3 Å². The number of hydrogen-bond donors (Lipinski definition) is 0. The average Bonchev–Trinajstić information content (AvgIpc) is 3.39. The zero-order valence-electron chi connectivity index (χ0n) is 15.8. The van der Waals surface area contributed by atoms with E-state index in [1.54, 1.807) is 11.3 Å². The van der Waals surface area contributed by atoms with E-state index in [2.05, 4.69) is 47.2 Å². The normalized spacial score (nSPS) is 14.8. The highest BCUT2D eigenvalue weighted by Crippen LogP contribution is 2.43. The van der Waals surface area contributed by atoms with E-state index in [-0.39, 0.29) is 5.91 Å². The summed E-state index contributed by atoms with van der Waals surface area (Å²) in [4.78, 5) is 15.6. The van der Waals surface area contributed by atoms with Crippen molar-refractivity contribution in [2.75, 3.05) is 4.90 Å². The van der Waals surface area contributed by atoms with Gasteiger partial charge in [-0.2, -0.15) is 11.3 Å². The molecule has 1 aliphatic rings. The fourth-order valence-corrected chi connectivity index (χ4v) is 4.56. The molecule has 2 nitrogen and oxygen atoms in total. The van der Waals surface area contributed by atoms with Crippen LogP contribution in [0.15, 0.2) is 102 Å². The van der Waals surface area contributed by atoms with E-state index < -0.39 is 0 Å². The minimum absolute atomic E-state index is 0.0557. The first-order valence-corrected chi connectivity index (χ1v) is 10.5. The van der Waals surface area contributed by atoms with Crippen molar-refractivity contribution in [2.45, 2.75) is 6.54 Å². The molecule has 1 aliphatic heterocycles. The van der Waals surface area contributed by atoms with E-state index in [9.17, 15) is 4.79 Å². The summed E-state index contributed by atoms with van der Waals surface area (Å²) in [5.41, 5.74) is 7.01. The van der Waals surface area contributed by atoms with Crippen LogP contribution in [-0.2, 0) is 11.3 Å². The van der Waals surface area contributed by atoms with Crippen LogP contribution in [-0.4, -0.2) is 5.91 Å². The Hall–Kier alpha value is -3.43. The lowest BCUT2D eigenvalue weighted by atomic mass is 9.91. The van der Waals surface area contributed by atoms with Gasteiger partial charge in [0.15, 0.2) is 0 Å². The number of rotatable bonds is 4. The smallest absolute Gasteiger partial charge is 0.259 e. The minimum atomic E-state index is 0.0557. The lowest BCUT2D eigenvalue weighted by Gasteiger charge is -2.17. The van der Waals surface area contributed by atoms with Gasteiger partial charge in [-0.05, 0) is 39.6 Å². The molecule has 0 unspecified atom stereocenters. The summed E-state index contributed by atoms with van der Waals surface area (Å²) < 4.78 is 0. The molecule has 0 fully saturated rings. The van der Waals surface area contributed by atoms with Crippen molar-refractivity contribution in [1.29, 1.82) is 0 Å². The number of thiophene rings is 1. The van der Waals surface area contributed by atoms with E-state index in [1.807, 2.05) is 59.5 Å². The predicted octanol–water partition coefficient (Wildman–Crippen LogP) is 6.25. The van der Waals surface area contributed by atoms with Gasteiger partial charge in [-0.25, -0.2) is 0 Å². The second kappa shape index (κ2) is 7.53. The van der Waals surface area contributed by atoms with Crippen molar-refractivity contribution in [3.05, 3.63) is 124 Å². The molecule has 3 heteroatoms. The third-order valence-corrected chi connectivity index (χ3v) is 5.91. The molecule has 4 aromatic rings. The molecule has 0 spiro atoms. The van der Waals surface area contributed by atoms with Gasteiger partial charge in [0, 0.05) is 11.1 Å². The highest BCUT2D eigenvalue weighted by molar-refractivity contribution is 7.08. The van der Waals surface area contributed by atoms with Gasteiger partial charge in [-0.15, -0.1) is 0 Å². The van der Waals surface area contributed by atoms with Crippen LogP contribution in [0.1, 0.15) is 22.3 Å². The molecule has 0 atom stereocenters. The molecule has 0 radical (unpaired) electrons. The molecule has 1 aromatic heterocycles. The molecule has 140 valence electrons. The summed E-state index contributed by atoms with van der Waals surface area (Å²) in [5.74, 6) is 0.0557. The molecule has 3 aromatic carbocycles. The van der Waals surface area contributed by atoms with Crippen molar-refractivity contribution in [3.8, 4) is 0 Å². The van der Waals surface area contributed by atoms with E-state index >= 15 is 0 Å². The van der Waals surface area contributed by atoms with Gasteiger partial charge in [-0.3, -0.25) is 4.79 Å². The van der Waals surface area contributed by atoms with E-state index in [0.29, 0.717) is 6.54 Å². The van der Waals surface area contributed by atoms with Crippen molar-refractivity contribution in [2.24, 2.45) is 0 Å². The largest absolute Gasteiger partial charge is 0.303 e. The van der Waals surface area contributed by atoms with Crippen molar-refractivity contribution in [1.82, 2.24) is 0 Å². The van der Waals surface area contributed by atoms with Crippen LogP contribution in [0.4, 0.5) is 5.69 Å². The SMILES string of the molecule is O=C1/C(=C(/c2ccccc2)c2ccsc2)c2ccccc2N1Cc1ccccc1. The van der Waals surface area contributed by atoms with Crippen molar-refractivity contribution < 1.29 is 4.79 Å². The maximum atomic E-state index is 13.7. The third kappa shape index (κ3) is 3.20. The highest BCUT2D eigenvalue weighted by atomic mass is 32.1. The first-order chi connectivity index (χ1) is 14.3. The lowest BCUT2D eigenvalue weighted by molar-refractivity contribution is -0.113. The molecule has 1 amide bonds. The zero-order valence-corrected chi connectivity index (χ0v) is 16.6. The Balaban J connectivity index is 1.72. The van der Waals surface area contributed by atoms with Crippen molar-refractivity contribution in [3.63, 3.8) is 0 Å². The number of nitrogens with zero attached hydrogens (tertiary/aromatic N) is 1. The number of carbonyl (C=O) groups is 1. The van der Waals surface area contributed by atoms with Gasteiger partial charge in [0.05, 0.1) is 17.8 Å². The van der Waals surface area contributed by atoms with Gasteiger partial charge in [0.2, 0.25) is 0 Å². The number of hydrogen-bond acceptors (Lipinski definition) is 2. The Kier molecular flexibility index (Phi) is 4.59. The predicted molar refractivity (Wildman–Crippen MR) is 121 cm³/mol. The van der Waals surface area contributed by atoms with Crippen LogP contribution in [0, 0.1) is 0 Å². The second-order valence-corrected chi connectivity index (χ2v) is 7.80. The quantitative estimate of drug-likeness (QED) is 0.375. The average molecular weight is 394 g/mol. The molecular weight excluding hydrogens is 374 g/mol. The van der Waals surface area contributed by atoms with Crippen LogP contribution in [0.25, 0.3) is 11.1 Å². The van der Waals surface area contributed by atoms with Crippen molar-refractivity contribution >= 4 is 34.1 Å². The zero-order chi connectivity index (χ0) is 19.6. The number of para-hydroxylation sites is 1. The topological polar surface area (TPSA) is 20.3 Å². The molecule has 29 heavy (non-hydrogen) atoms. The summed E-state index contributed by atoms with van der Waals surface area (Å²) in [5, 5.41) is 4.18. The first kappa shape index (κ1) is 17.7. The molecule has 0 aliphatic carbocycles. The summed E-state index contributed by atoms with van der Waals surface area (Å²) >= 11 is 1.65. The summed E-state index contributed by atoms with van der Waals surface area (Å²) in [6, 6.07) is 30.6. The molecule has 5 rings (SSSR count). The van der Waals surface area contributed by atoms with E-state index in [4.69, 9.17) is 0 Å². The van der Waals surface area contributed by atoms with Gasteiger partial charge < -0.3 is 4.90 Å². The Morgan fingerprint density at radius 1 is 0.759 bits per heavy atom. The van der Waals surface area contributed by atoms with Crippen LogP contribution < -0.4 is 4.90 Å². The number of benzene rings is 3. The monoisotopic (exact) mass is 393 g/mol. The molecular formula is C26H19NOS. The maximum Gasteiger partial charge on any atom is 0.259 e. The van der Waals surface area contributed by atoms with Crippen LogP contribution in [0.5, 0.6) is 0 Å². The Morgan fingerprint density at radius 2 is 1.45 bits per heavy atom. The summed E-state index contributed by atoms with van der Waals surface area (Å²) in [7, 11) is 0. The first-order valence-electron chi connectivity index (χ1n) is 9.60. The van der Waals surface area contributed by atoms with E-state index in [0.717, 1.165) is 39.1 Å². The van der Waals surface area contributed by atoms with Gasteiger partial charge in [-0.1, -0.05) is 78.9 Å². The fourth-order valence-electron chi connectivity index (χ4n) is 3.91. The molecule has 0 saturated carbocycles. The van der Waals surface area contributed by atoms with Gasteiger partial charge >= 0.3 is 0 Å². The number of amides is 1. The number of carbonyl (C=O) groups excluding carboxylic acids is 1. The summed E-state index contributed by atoms with van der Waals surface area (Å²) in [6.45, 7) is 0.561. The molecule has 0 saturated heterocycles. The molecule has 0 bridgehead atoms. The summed E-state index contributed by atoms with van der Waals surface area (Å²) in [6.07, 6.45) is 0. The highest BCUT2D eigenvalue weighted by Gasteiger charge is 2.35. The minimum Gasteiger partial charge on any atom is -0.303 e. The Morgan fingerprint density at radius 3 is 2.17 bits per heavy atom. The van der Waals surface area contributed by atoms with Crippen LogP contribution in [0.2, 0.25) is 0 Å². The van der Waals surface area contributed by atoms with E-state index in [1.165, 1.54) is 0 Å². The van der Waals surface area contributed by atoms with Gasteiger partial charge in [0.25, 0.3) is 5.91 Å². The lowest BCUT2D eigenvalue weighted by Crippen LogP contribution is -2.26.